The van der Waals surface area contributed by atoms with Gasteiger partial charge in [0.1, 0.15) is 5.75 Å². The first-order valence-electron chi connectivity index (χ1n) is 6.23. The molecule has 0 spiro atoms. The van der Waals surface area contributed by atoms with E-state index in [1.165, 1.54) is 0 Å². The molecule has 20 heavy (non-hydrogen) atoms. The monoisotopic (exact) mass is 310 g/mol. The van der Waals surface area contributed by atoms with E-state index in [9.17, 15) is 0 Å². The Morgan fingerprint density at radius 3 is 2.40 bits per heavy atom. The maximum atomic E-state index is 5.99. The Morgan fingerprint density at radius 1 is 1.00 bits per heavy atom. The van der Waals surface area contributed by atoms with Crippen LogP contribution in [0.25, 0.3) is 0 Å². The number of rotatable bonds is 4. The van der Waals surface area contributed by atoms with Crippen molar-refractivity contribution in [2.45, 2.75) is 20.0 Å². The van der Waals surface area contributed by atoms with Crippen LogP contribution in [0.2, 0.25) is 10.0 Å². The van der Waals surface area contributed by atoms with E-state index in [0.29, 0.717) is 15.7 Å². The van der Waals surface area contributed by atoms with Crippen molar-refractivity contribution < 1.29 is 4.74 Å². The molecule has 0 aliphatic carbocycles. The fourth-order valence-electron chi connectivity index (χ4n) is 1.78. The number of nitrogens with two attached hydrogens (primary N) is 1. The highest BCUT2D eigenvalue weighted by Gasteiger charge is 2.04. The van der Waals surface area contributed by atoms with Gasteiger partial charge < -0.3 is 15.8 Å². The predicted octanol–water partition coefficient (Wildman–Crippen LogP) is 5.11. The minimum absolute atomic E-state index is 0.0922. The van der Waals surface area contributed by atoms with Crippen molar-refractivity contribution in [3.05, 3.63) is 46.4 Å². The average Bonchev–Trinajstić information content (AvgIpc) is 2.32. The van der Waals surface area contributed by atoms with Crippen molar-refractivity contribution in [3.63, 3.8) is 0 Å². The van der Waals surface area contributed by atoms with E-state index >= 15 is 0 Å². The van der Waals surface area contributed by atoms with E-state index in [0.717, 1.165) is 17.1 Å². The van der Waals surface area contributed by atoms with Gasteiger partial charge in [-0.15, -0.1) is 0 Å². The summed E-state index contributed by atoms with van der Waals surface area (Å²) in [6.45, 7) is 3.94. The Labute approximate surface area is 128 Å². The van der Waals surface area contributed by atoms with Gasteiger partial charge in [0.2, 0.25) is 0 Å². The first-order chi connectivity index (χ1) is 9.44. The van der Waals surface area contributed by atoms with E-state index in [1.807, 2.05) is 32.0 Å². The van der Waals surface area contributed by atoms with E-state index in [1.54, 1.807) is 18.2 Å². The Balaban J connectivity index is 2.24. The molecule has 0 bridgehead atoms. The van der Waals surface area contributed by atoms with Crippen molar-refractivity contribution >= 4 is 40.3 Å². The fraction of sp³-hybridized carbons (Fsp3) is 0.200. The summed E-state index contributed by atoms with van der Waals surface area (Å²) in [5.41, 5.74) is 8.17. The Morgan fingerprint density at radius 2 is 1.75 bits per heavy atom. The molecule has 0 saturated heterocycles. The highest BCUT2D eigenvalue weighted by Crippen LogP contribution is 2.29. The van der Waals surface area contributed by atoms with Crippen molar-refractivity contribution in [1.29, 1.82) is 0 Å². The highest BCUT2D eigenvalue weighted by molar-refractivity contribution is 6.42. The van der Waals surface area contributed by atoms with Crippen molar-refractivity contribution in [2.75, 3.05) is 11.1 Å². The molecular formula is C15H16Cl2N2O. The summed E-state index contributed by atoms with van der Waals surface area (Å²) in [5.74, 6) is 0.725. The molecule has 0 amide bonds. The number of hydrogen-bond donors (Lipinski definition) is 2. The molecule has 0 unspecified atom stereocenters. The molecule has 0 aromatic heterocycles. The quantitative estimate of drug-likeness (QED) is 0.772. The molecule has 2 rings (SSSR count). The first-order valence-corrected chi connectivity index (χ1v) is 6.99. The van der Waals surface area contributed by atoms with Gasteiger partial charge in [-0.25, -0.2) is 0 Å². The Kier molecular flexibility index (Phi) is 4.63. The van der Waals surface area contributed by atoms with Crippen LogP contribution in [0.4, 0.5) is 17.1 Å². The zero-order valence-electron chi connectivity index (χ0n) is 11.3. The first kappa shape index (κ1) is 14.8. The fourth-order valence-corrected chi connectivity index (χ4v) is 2.07. The number of hydrogen-bond acceptors (Lipinski definition) is 3. The van der Waals surface area contributed by atoms with Crippen LogP contribution in [0.3, 0.4) is 0 Å². The van der Waals surface area contributed by atoms with Crippen LogP contribution < -0.4 is 15.8 Å². The van der Waals surface area contributed by atoms with E-state index in [-0.39, 0.29) is 6.10 Å². The molecule has 3 nitrogen and oxygen atoms in total. The molecule has 0 radical (unpaired) electrons. The number of halogens is 2. The maximum absolute atomic E-state index is 5.99. The number of nitrogens with one attached hydrogen (secondary N) is 1. The lowest BCUT2D eigenvalue weighted by molar-refractivity contribution is 0.242. The summed E-state index contributed by atoms with van der Waals surface area (Å²) in [5, 5.41) is 4.24. The molecule has 3 N–H and O–H groups in total. The second-order valence-electron chi connectivity index (χ2n) is 4.71. The molecule has 5 heteroatoms. The predicted molar refractivity (Wildman–Crippen MR) is 86.4 cm³/mol. The van der Waals surface area contributed by atoms with Crippen LogP contribution in [0.5, 0.6) is 5.75 Å². The van der Waals surface area contributed by atoms with Gasteiger partial charge in [-0.1, -0.05) is 23.2 Å². The smallest absolute Gasteiger partial charge is 0.123 e. The van der Waals surface area contributed by atoms with Gasteiger partial charge >= 0.3 is 0 Å². The lowest BCUT2D eigenvalue weighted by atomic mass is 10.2. The van der Waals surface area contributed by atoms with Crippen LogP contribution >= 0.6 is 23.2 Å². The number of nitrogen functional groups attached to an aromatic ring is 1. The molecule has 2 aromatic rings. The summed E-state index contributed by atoms with van der Waals surface area (Å²) in [6.07, 6.45) is 0.0922. The third-order valence-corrected chi connectivity index (χ3v) is 3.25. The topological polar surface area (TPSA) is 47.3 Å². The van der Waals surface area contributed by atoms with Crippen molar-refractivity contribution in [1.82, 2.24) is 0 Å². The van der Waals surface area contributed by atoms with Crippen molar-refractivity contribution in [2.24, 2.45) is 0 Å². The maximum Gasteiger partial charge on any atom is 0.123 e. The zero-order valence-corrected chi connectivity index (χ0v) is 12.8. The zero-order chi connectivity index (χ0) is 14.7. The summed E-state index contributed by atoms with van der Waals surface area (Å²) in [6, 6.07) is 10.9. The average molecular weight is 311 g/mol. The third kappa shape index (κ3) is 3.95. The van der Waals surface area contributed by atoms with Crippen LogP contribution in [0, 0.1) is 0 Å². The number of anilines is 3. The summed E-state index contributed by atoms with van der Waals surface area (Å²) >= 11 is 11.9. The molecule has 0 saturated carbocycles. The van der Waals surface area contributed by atoms with E-state index in [4.69, 9.17) is 33.7 Å². The van der Waals surface area contributed by atoms with Crippen LogP contribution in [0.1, 0.15) is 13.8 Å². The number of benzene rings is 2. The SMILES string of the molecule is CC(C)Oc1cc(N)cc(Nc2ccc(Cl)c(Cl)c2)c1. The Hall–Kier alpha value is -1.58. The van der Waals surface area contributed by atoms with Gasteiger partial charge in [-0.2, -0.15) is 0 Å². The van der Waals surface area contributed by atoms with Crippen molar-refractivity contribution in [3.8, 4) is 5.75 Å². The van der Waals surface area contributed by atoms with E-state index in [2.05, 4.69) is 5.32 Å². The molecule has 0 aliphatic rings. The molecule has 0 heterocycles. The number of ether oxygens (including phenoxy) is 1. The van der Waals surface area contributed by atoms with Gasteiger partial charge in [-0.05, 0) is 38.1 Å². The lowest BCUT2D eigenvalue weighted by Gasteiger charge is -2.13. The molecule has 106 valence electrons. The standard InChI is InChI=1S/C15H16Cl2N2O/c1-9(2)20-13-6-10(18)5-12(7-13)19-11-3-4-14(16)15(17)8-11/h3-9,19H,18H2,1-2H3. The minimum atomic E-state index is 0.0922. The molecular weight excluding hydrogens is 295 g/mol. The van der Waals surface area contributed by atoms with Gasteiger partial charge in [0.15, 0.2) is 0 Å². The molecule has 0 atom stereocenters. The van der Waals surface area contributed by atoms with Gasteiger partial charge in [0.25, 0.3) is 0 Å². The summed E-state index contributed by atoms with van der Waals surface area (Å²) in [4.78, 5) is 0. The Bertz CT molecular complexity index is 615. The molecule has 0 aliphatic heterocycles. The van der Waals surface area contributed by atoms with Gasteiger partial charge in [0.05, 0.1) is 16.1 Å². The second-order valence-corrected chi connectivity index (χ2v) is 5.53. The van der Waals surface area contributed by atoms with Gasteiger partial charge in [0, 0.05) is 29.2 Å². The van der Waals surface area contributed by atoms with Crippen LogP contribution in [-0.2, 0) is 0 Å². The minimum Gasteiger partial charge on any atom is -0.491 e. The molecule has 2 aromatic carbocycles. The van der Waals surface area contributed by atoms with Crippen LogP contribution in [0.15, 0.2) is 36.4 Å². The highest BCUT2D eigenvalue weighted by atomic mass is 35.5. The van der Waals surface area contributed by atoms with Gasteiger partial charge in [-0.3, -0.25) is 0 Å². The third-order valence-electron chi connectivity index (χ3n) is 2.51. The normalized spacial score (nSPS) is 10.7. The second kappa shape index (κ2) is 6.25. The van der Waals surface area contributed by atoms with E-state index < -0.39 is 0 Å². The lowest BCUT2D eigenvalue weighted by Crippen LogP contribution is -2.06. The summed E-state index contributed by atoms with van der Waals surface area (Å²) < 4.78 is 5.65. The molecule has 0 fully saturated rings. The van der Waals surface area contributed by atoms with Crippen LogP contribution in [-0.4, -0.2) is 6.10 Å². The largest absolute Gasteiger partial charge is 0.491 e. The summed E-state index contributed by atoms with van der Waals surface area (Å²) in [7, 11) is 0.